The van der Waals surface area contributed by atoms with Crippen LogP contribution in [0.2, 0.25) is 0 Å². The maximum atomic E-state index is 12.8. The Bertz CT molecular complexity index is 703. The molecule has 5 rings (SSSR count). The molecule has 6 heteroatoms. The van der Waals surface area contributed by atoms with Crippen LogP contribution in [0.4, 0.5) is 0 Å². The molecule has 0 unspecified atom stereocenters. The third kappa shape index (κ3) is 4.74. The average molecular weight is 401 g/mol. The number of carbonyl (C=O) groups is 2. The number of hydrogen-bond acceptors (Lipinski definition) is 5. The predicted molar refractivity (Wildman–Crippen MR) is 110 cm³/mol. The number of hydrogen-bond donors (Lipinski definition) is 0. The second-order valence-corrected chi connectivity index (χ2v) is 8.92. The summed E-state index contributed by atoms with van der Waals surface area (Å²) in [5.74, 6) is 1.06. The van der Waals surface area contributed by atoms with E-state index in [2.05, 4.69) is 4.90 Å². The number of carbonyl (C=O) groups excluding carboxylic acids is 2. The third-order valence-corrected chi connectivity index (χ3v) is 7.11. The number of rotatable bonds is 6. The molecule has 1 aromatic rings. The van der Waals surface area contributed by atoms with Gasteiger partial charge in [0, 0.05) is 30.5 Å². The van der Waals surface area contributed by atoms with Crippen molar-refractivity contribution in [2.24, 2.45) is 11.3 Å². The first-order valence-corrected chi connectivity index (χ1v) is 10.9. The lowest BCUT2D eigenvalue weighted by molar-refractivity contribution is -0.142. The number of nitrogens with zero attached hydrogens (tertiary/aromatic N) is 2. The van der Waals surface area contributed by atoms with Crippen molar-refractivity contribution in [1.29, 1.82) is 0 Å². The smallest absolute Gasteiger partial charge is 0.305 e. The van der Waals surface area contributed by atoms with Gasteiger partial charge in [-0.1, -0.05) is 0 Å². The summed E-state index contributed by atoms with van der Waals surface area (Å²) in [6.07, 6.45) is 5.84. The van der Waals surface area contributed by atoms with Crippen LogP contribution >= 0.6 is 0 Å². The van der Waals surface area contributed by atoms with Crippen molar-refractivity contribution in [2.75, 3.05) is 46.4 Å². The monoisotopic (exact) mass is 400 g/mol. The summed E-state index contributed by atoms with van der Waals surface area (Å²) in [4.78, 5) is 28.6. The lowest BCUT2D eigenvalue weighted by Crippen LogP contribution is -2.50. The molecule has 4 fully saturated rings. The highest BCUT2D eigenvalue weighted by Crippen LogP contribution is 2.40. The van der Waals surface area contributed by atoms with Crippen LogP contribution in [-0.4, -0.2) is 68.1 Å². The van der Waals surface area contributed by atoms with E-state index < -0.39 is 0 Å². The Balaban J connectivity index is 1.27. The SMILES string of the molecule is COC(=O)CC1CCN(C(=O)c2ccc(OCC34CCN(CC3)CC4)cc2)CC1. The highest BCUT2D eigenvalue weighted by Gasteiger charge is 2.39. The van der Waals surface area contributed by atoms with E-state index in [1.54, 1.807) is 0 Å². The molecule has 2 bridgehead atoms. The minimum absolute atomic E-state index is 0.0614. The number of methoxy groups -OCH3 is 1. The van der Waals surface area contributed by atoms with Gasteiger partial charge in [-0.25, -0.2) is 0 Å². The van der Waals surface area contributed by atoms with Crippen LogP contribution in [-0.2, 0) is 9.53 Å². The molecule has 4 saturated heterocycles. The summed E-state index contributed by atoms with van der Waals surface area (Å²) in [7, 11) is 1.42. The maximum Gasteiger partial charge on any atom is 0.305 e. The van der Waals surface area contributed by atoms with Gasteiger partial charge in [0.15, 0.2) is 0 Å². The van der Waals surface area contributed by atoms with Crippen LogP contribution in [0.3, 0.4) is 0 Å². The molecule has 1 aromatic carbocycles. The van der Waals surface area contributed by atoms with Crippen LogP contribution in [0, 0.1) is 11.3 Å². The predicted octanol–water partition coefficient (Wildman–Crippen LogP) is 2.97. The van der Waals surface area contributed by atoms with Gasteiger partial charge in [-0.2, -0.15) is 0 Å². The van der Waals surface area contributed by atoms with Gasteiger partial charge in [0.25, 0.3) is 5.91 Å². The molecule has 0 aromatic heterocycles. The number of ether oxygens (including phenoxy) is 2. The summed E-state index contributed by atoms with van der Waals surface area (Å²) in [6, 6.07) is 7.59. The van der Waals surface area contributed by atoms with Crippen molar-refractivity contribution in [1.82, 2.24) is 9.80 Å². The second kappa shape index (κ2) is 8.74. The van der Waals surface area contributed by atoms with Gasteiger partial charge >= 0.3 is 5.97 Å². The number of benzene rings is 1. The average Bonchev–Trinajstić information content (AvgIpc) is 2.79. The molecule has 29 heavy (non-hydrogen) atoms. The summed E-state index contributed by atoms with van der Waals surface area (Å²) in [6.45, 7) is 5.77. The molecular formula is C23H32N2O4. The van der Waals surface area contributed by atoms with E-state index in [-0.39, 0.29) is 11.9 Å². The van der Waals surface area contributed by atoms with E-state index in [4.69, 9.17) is 9.47 Å². The Morgan fingerprint density at radius 2 is 1.62 bits per heavy atom. The standard InChI is InChI=1S/C23H32N2O4/c1-28-21(26)16-18-6-11-25(12-7-18)22(27)19-2-4-20(5-3-19)29-17-23-8-13-24(14-9-23)15-10-23/h2-5,18H,6-17H2,1H3. The Kier molecular flexibility index (Phi) is 6.09. The van der Waals surface area contributed by atoms with Gasteiger partial charge in [0.1, 0.15) is 5.75 Å². The van der Waals surface area contributed by atoms with E-state index in [0.717, 1.165) is 25.2 Å². The zero-order valence-electron chi connectivity index (χ0n) is 17.4. The largest absolute Gasteiger partial charge is 0.493 e. The molecule has 0 aliphatic carbocycles. The lowest BCUT2D eigenvalue weighted by Gasteiger charge is -2.48. The molecule has 0 N–H and O–H groups in total. The van der Waals surface area contributed by atoms with Gasteiger partial charge < -0.3 is 19.3 Å². The summed E-state index contributed by atoms with van der Waals surface area (Å²) < 4.78 is 10.9. The molecule has 6 nitrogen and oxygen atoms in total. The normalized spacial score (nSPS) is 26.9. The number of likely N-dealkylation sites (tertiary alicyclic amines) is 1. The Hall–Kier alpha value is -2.08. The van der Waals surface area contributed by atoms with Crippen LogP contribution < -0.4 is 4.74 Å². The zero-order valence-corrected chi connectivity index (χ0v) is 17.4. The molecule has 0 radical (unpaired) electrons. The fourth-order valence-corrected chi connectivity index (χ4v) is 4.88. The lowest BCUT2D eigenvalue weighted by atomic mass is 9.73. The van der Waals surface area contributed by atoms with Gasteiger partial charge in [-0.3, -0.25) is 9.59 Å². The fraction of sp³-hybridized carbons (Fsp3) is 0.652. The Morgan fingerprint density at radius 3 is 2.21 bits per heavy atom. The van der Waals surface area contributed by atoms with Crippen molar-refractivity contribution in [3.05, 3.63) is 29.8 Å². The number of fused-ring (bicyclic) bond motifs is 3. The first-order chi connectivity index (χ1) is 14.1. The Labute approximate surface area is 173 Å². The fourth-order valence-electron chi connectivity index (χ4n) is 4.88. The highest BCUT2D eigenvalue weighted by molar-refractivity contribution is 5.94. The van der Waals surface area contributed by atoms with E-state index in [1.807, 2.05) is 29.2 Å². The van der Waals surface area contributed by atoms with Crippen molar-refractivity contribution in [2.45, 2.75) is 38.5 Å². The maximum absolute atomic E-state index is 12.8. The zero-order chi connectivity index (χ0) is 20.3. The van der Waals surface area contributed by atoms with Gasteiger partial charge in [0.05, 0.1) is 13.7 Å². The number of esters is 1. The van der Waals surface area contributed by atoms with Gasteiger partial charge in [-0.05, 0) is 81.9 Å². The van der Waals surface area contributed by atoms with Crippen molar-refractivity contribution in [3.63, 3.8) is 0 Å². The van der Waals surface area contributed by atoms with Crippen molar-refractivity contribution in [3.8, 4) is 5.75 Å². The van der Waals surface area contributed by atoms with E-state index >= 15 is 0 Å². The summed E-state index contributed by atoms with van der Waals surface area (Å²) in [5, 5.41) is 0. The molecule has 0 atom stereocenters. The van der Waals surface area contributed by atoms with E-state index in [1.165, 1.54) is 46.0 Å². The minimum atomic E-state index is -0.163. The minimum Gasteiger partial charge on any atom is -0.493 e. The van der Waals surface area contributed by atoms with Gasteiger partial charge in [0.2, 0.25) is 0 Å². The topological polar surface area (TPSA) is 59.1 Å². The summed E-state index contributed by atoms with van der Waals surface area (Å²) >= 11 is 0. The number of amides is 1. The first kappa shape index (κ1) is 20.2. The summed E-state index contributed by atoms with van der Waals surface area (Å²) in [5.41, 5.74) is 1.05. The molecule has 158 valence electrons. The Morgan fingerprint density at radius 1 is 1.00 bits per heavy atom. The molecular weight excluding hydrogens is 368 g/mol. The van der Waals surface area contributed by atoms with Crippen LogP contribution in [0.25, 0.3) is 0 Å². The van der Waals surface area contributed by atoms with E-state index in [0.29, 0.717) is 36.4 Å². The molecule has 0 spiro atoms. The van der Waals surface area contributed by atoms with Crippen LogP contribution in [0.5, 0.6) is 5.75 Å². The van der Waals surface area contributed by atoms with Gasteiger partial charge in [-0.15, -0.1) is 0 Å². The first-order valence-electron chi connectivity index (χ1n) is 10.9. The van der Waals surface area contributed by atoms with Crippen molar-refractivity contribution < 1.29 is 19.1 Å². The third-order valence-electron chi connectivity index (χ3n) is 7.11. The molecule has 4 aliphatic rings. The second-order valence-electron chi connectivity index (χ2n) is 8.92. The van der Waals surface area contributed by atoms with Crippen molar-refractivity contribution >= 4 is 11.9 Å². The molecule has 4 heterocycles. The molecule has 0 saturated carbocycles. The van der Waals surface area contributed by atoms with Crippen LogP contribution in [0.1, 0.15) is 48.9 Å². The highest BCUT2D eigenvalue weighted by atomic mass is 16.5. The van der Waals surface area contributed by atoms with E-state index in [9.17, 15) is 9.59 Å². The van der Waals surface area contributed by atoms with Crippen LogP contribution in [0.15, 0.2) is 24.3 Å². The molecule has 4 aliphatic heterocycles. The number of piperidine rings is 4. The quantitative estimate of drug-likeness (QED) is 0.687. The molecule has 1 amide bonds.